The highest BCUT2D eigenvalue weighted by atomic mass is 32.1. The van der Waals surface area contributed by atoms with Gasteiger partial charge in [0, 0.05) is 49.6 Å². The summed E-state index contributed by atoms with van der Waals surface area (Å²) in [5, 5.41) is 1.15. The number of carbonyl (C=O) groups excluding carboxylic acids is 1. The molecule has 2 aliphatic rings. The predicted molar refractivity (Wildman–Crippen MR) is 109 cm³/mol. The number of aryl methyl sites for hydroxylation is 3. The molecule has 1 aromatic carbocycles. The van der Waals surface area contributed by atoms with Crippen molar-refractivity contribution in [2.75, 3.05) is 38.2 Å². The van der Waals surface area contributed by atoms with Crippen LogP contribution < -0.4 is 9.64 Å². The van der Waals surface area contributed by atoms with Crippen LogP contribution in [0.4, 0.5) is 5.69 Å². The number of nitrogens with zero attached hydrogens (tertiary/aromatic N) is 3. The van der Waals surface area contributed by atoms with Crippen molar-refractivity contribution in [3.8, 4) is 5.75 Å². The molecular weight excluding hydrogens is 358 g/mol. The lowest BCUT2D eigenvalue weighted by Gasteiger charge is -2.36. The highest BCUT2D eigenvalue weighted by Crippen LogP contribution is 2.27. The van der Waals surface area contributed by atoms with Gasteiger partial charge in [-0.1, -0.05) is 0 Å². The molecule has 27 heavy (non-hydrogen) atoms. The maximum absolute atomic E-state index is 12.6. The highest BCUT2D eigenvalue weighted by molar-refractivity contribution is 7.11. The second-order valence-electron chi connectivity index (χ2n) is 7.25. The smallest absolute Gasteiger partial charge is 0.223 e. The fraction of sp³-hybridized carbons (Fsp3) is 0.524. The van der Waals surface area contributed by atoms with Crippen LogP contribution in [-0.4, -0.2) is 49.1 Å². The molecule has 1 aliphatic heterocycles. The lowest BCUT2D eigenvalue weighted by atomic mass is 10.0. The van der Waals surface area contributed by atoms with E-state index in [0.29, 0.717) is 6.42 Å². The summed E-state index contributed by atoms with van der Waals surface area (Å²) in [5.74, 6) is 1.13. The van der Waals surface area contributed by atoms with Crippen molar-refractivity contribution in [2.45, 2.75) is 38.5 Å². The van der Waals surface area contributed by atoms with Gasteiger partial charge in [0.05, 0.1) is 17.8 Å². The molecule has 1 aliphatic carbocycles. The van der Waals surface area contributed by atoms with E-state index in [2.05, 4.69) is 17.0 Å². The minimum absolute atomic E-state index is 0.262. The van der Waals surface area contributed by atoms with Crippen LogP contribution >= 0.6 is 11.3 Å². The molecule has 1 fully saturated rings. The molecule has 0 atom stereocenters. The van der Waals surface area contributed by atoms with E-state index in [4.69, 9.17) is 9.72 Å². The summed E-state index contributed by atoms with van der Waals surface area (Å²) in [5.41, 5.74) is 2.48. The number of piperazine rings is 1. The van der Waals surface area contributed by atoms with Crippen molar-refractivity contribution < 1.29 is 9.53 Å². The van der Waals surface area contributed by atoms with Crippen LogP contribution in [0.15, 0.2) is 24.3 Å². The number of hydrogen-bond acceptors (Lipinski definition) is 5. The van der Waals surface area contributed by atoms with Crippen molar-refractivity contribution >= 4 is 22.9 Å². The lowest BCUT2D eigenvalue weighted by molar-refractivity contribution is -0.131. The molecule has 144 valence electrons. The van der Waals surface area contributed by atoms with Gasteiger partial charge in [0.25, 0.3) is 0 Å². The Kier molecular flexibility index (Phi) is 5.62. The maximum Gasteiger partial charge on any atom is 0.223 e. The molecule has 0 bridgehead atoms. The number of amides is 1. The number of aromatic nitrogens is 1. The van der Waals surface area contributed by atoms with E-state index in [1.54, 1.807) is 7.11 Å². The second kappa shape index (κ2) is 8.30. The molecule has 1 aromatic heterocycles. The number of rotatable bonds is 5. The summed E-state index contributed by atoms with van der Waals surface area (Å²) >= 11 is 1.82. The van der Waals surface area contributed by atoms with Crippen LogP contribution in [0.25, 0.3) is 0 Å². The SMILES string of the molecule is COc1ccc(N2CCN(C(=O)CCc3nc4c(s3)CCCC4)CC2)cc1. The van der Waals surface area contributed by atoms with Crippen molar-refractivity contribution in [1.29, 1.82) is 0 Å². The summed E-state index contributed by atoms with van der Waals surface area (Å²) in [6.07, 6.45) is 6.20. The third kappa shape index (κ3) is 4.26. The van der Waals surface area contributed by atoms with E-state index in [-0.39, 0.29) is 5.91 Å². The van der Waals surface area contributed by atoms with Crippen LogP contribution in [0.1, 0.15) is 34.8 Å². The Balaban J connectivity index is 1.26. The lowest BCUT2D eigenvalue weighted by Crippen LogP contribution is -2.48. The van der Waals surface area contributed by atoms with Crippen molar-refractivity contribution in [1.82, 2.24) is 9.88 Å². The molecule has 0 unspecified atom stereocenters. The minimum Gasteiger partial charge on any atom is -0.497 e. The average Bonchev–Trinajstić information content (AvgIpc) is 3.15. The Morgan fingerprint density at radius 3 is 2.56 bits per heavy atom. The Morgan fingerprint density at radius 1 is 1.11 bits per heavy atom. The molecule has 0 spiro atoms. The van der Waals surface area contributed by atoms with E-state index in [9.17, 15) is 4.79 Å². The molecular formula is C21H27N3O2S. The number of ether oxygens (including phenoxy) is 1. The Hall–Kier alpha value is -2.08. The zero-order valence-corrected chi connectivity index (χ0v) is 16.8. The van der Waals surface area contributed by atoms with E-state index < -0.39 is 0 Å². The third-order valence-corrected chi connectivity index (χ3v) is 6.73. The van der Waals surface area contributed by atoms with Gasteiger partial charge in [-0.3, -0.25) is 4.79 Å². The summed E-state index contributed by atoms with van der Waals surface area (Å²) in [6.45, 7) is 3.34. The monoisotopic (exact) mass is 385 g/mol. The fourth-order valence-corrected chi connectivity index (χ4v) is 5.05. The van der Waals surface area contributed by atoms with Crippen molar-refractivity contribution in [3.63, 3.8) is 0 Å². The topological polar surface area (TPSA) is 45.7 Å². The molecule has 0 N–H and O–H groups in total. The molecule has 2 heterocycles. The summed E-state index contributed by atoms with van der Waals surface area (Å²) in [4.78, 5) is 23.2. The molecule has 2 aromatic rings. The highest BCUT2D eigenvalue weighted by Gasteiger charge is 2.22. The van der Waals surface area contributed by atoms with Gasteiger partial charge < -0.3 is 14.5 Å². The minimum atomic E-state index is 0.262. The molecule has 4 rings (SSSR count). The molecule has 0 radical (unpaired) electrons. The number of benzene rings is 1. The number of anilines is 1. The van der Waals surface area contributed by atoms with E-state index in [0.717, 1.165) is 49.8 Å². The fourth-order valence-electron chi connectivity index (χ4n) is 3.89. The van der Waals surface area contributed by atoms with E-state index in [1.165, 1.54) is 35.5 Å². The summed E-state index contributed by atoms with van der Waals surface area (Å²) in [6, 6.07) is 8.14. The van der Waals surface area contributed by atoms with Crippen LogP contribution in [0.2, 0.25) is 0 Å². The zero-order valence-electron chi connectivity index (χ0n) is 15.9. The maximum atomic E-state index is 12.6. The van der Waals surface area contributed by atoms with Gasteiger partial charge in [-0.15, -0.1) is 11.3 Å². The molecule has 0 saturated carbocycles. The zero-order chi connectivity index (χ0) is 18.6. The van der Waals surface area contributed by atoms with E-state index >= 15 is 0 Å². The summed E-state index contributed by atoms with van der Waals surface area (Å²) < 4.78 is 5.22. The van der Waals surface area contributed by atoms with Gasteiger partial charge in [0.2, 0.25) is 5.91 Å². The van der Waals surface area contributed by atoms with Crippen LogP contribution in [0.5, 0.6) is 5.75 Å². The molecule has 1 amide bonds. The molecule has 5 nitrogen and oxygen atoms in total. The number of thiazole rings is 1. The number of hydrogen-bond donors (Lipinski definition) is 0. The number of methoxy groups -OCH3 is 1. The second-order valence-corrected chi connectivity index (χ2v) is 8.42. The molecule has 1 saturated heterocycles. The van der Waals surface area contributed by atoms with Gasteiger partial charge >= 0.3 is 0 Å². The van der Waals surface area contributed by atoms with Gasteiger partial charge in [0.15, 0.2) is 0 Å². The standard InChI is InChI=1S/C21H27N3O2S/c1-26-17-8-6-16(7-9-17)23-12-14-24(15-13-23)21(25)11-10-20-22-18-4-2-3-5-19(18)27-20/h6-9H,2-5,10-15H2,1H3. The average molecular weight is 386 g/mol. The first-order valence-corrected chi connectivity index (χ1v) is 10.7. The number of fused-ring (bicyclic) bond motifs is 1. The normalized spacial score (nSPS) is 16.9. The van der Waals surface area contributed by atoms with Crippen molar-refractivity contribution in [3.05, 3.63) is 39.8 Å². The van der Waals surface area contributed by atoms with Gasteiger partial charge in [0.1, 0.15) is 5.75 Å². The number of carbonyl (C=O) groups is 1. The van der Waals surface area contributed by atoms with Crippen molar-refractivity contribution in [2.24, 2.45) is 0 Å². The van der Waals surface area contributed by atoms with E-state index in [1.807, 2.05) is 28.4 Å². The molecule has 6 heteroatoms. The quantitative estimate of drug-likeness (QED) is 0.792. The first-order valence-electron chi connectivity index (χ1n) is 9.87. The largest absolute Gasteiger partial charge is 0.497 e. The Morgan fingerprint density at radius 2 is 1.85 bits per heavy atom. The van der Waals surface area contributed by atoms with Gasteiger partial charge in [-0.25, -0.2) is 4.98 Å². The van der Waals surface area contributed by atoms with Crippen LogP contribution in [0, 0.1) is 0 Å². The van der Waals surface area contributed by atoms with Crippen LogP contribution in [-0.2, 0) is 24.1 Å². The van der Waals surface area contributed by atoms with Gasteiger partial charge in [-0.2, -0.15) is 0 Å². The predicted octanol–water partition coefficient (Wildman–Crippen LogP) is 3.31. The first kappa shape index (κ1) is 18.3. The Bertz CT molecular complexity index is 756. The van der Waals surface area contributed by atoms with Crippen LogP contribution in [0.3, 0.4) is 0 Å². The first-order chi connectivity index (χ1) is 13.2. The summed E-state index contributed by atoms with van der Waals surface area (Å²) in [7, 11) is 1.68. The Labute approximate surface area is 165 Å². The third-order valence-electron chi connectivity index (χ3n) is 5.51. The van der Waals surface area contributed by atoms with Gasteiger partial charge in [-0.05, 0) is 49.9 Å².